The van der Waals surface area contributed by atoms with Crippen LogP contribution in [0.3, 0.4) is 0 Å². The fourth-order valence-corrected chi connectivity index (χ4v) is 5.67. The summed E-state index contributed by atoms with van der Waals surface area (Å²) < 4.78 is 34.7. The average molecular weight is 383 g/mol. The Bertz CT molecular complexity index is 755. The minimum atomic E-state index is -3.16. The average Bonchev–Trinajstić information content (AvgIpc) is 2.94. The van der Waals surface area contributed by atoms with Crippen LogP contribution in [0.1, 0.15) is 0 Å². The van der Waals surface area contributed by atoms with E-state index in [-0.39, 0.29) is 29.6 Å². The van der Waals surface area contributed by atoms with E-state index >= 15 is 0 Å². The van der Waals surface area contributed by atoms with Gasteiger partial charge in [-0.05, 0) is 12.1 Å². The number of benzene rings is 1. The molecule has 2 heterocycles. The number of carbonyl (C=O) groups is 1. The highest BCUT2D eigenvalue weighted by Gasteiger charge is 2.47. The first-order valence-corrected chi connectivity index (χ1v) is 10.4. The number of methoxy groups -OCH3 is 2. The molecule has 0 aliphatic carbocycles. The molecule has 2 aliphatic rings. The molecule has 0 radical (unpaired) electrons. The van der Waals surface area contributed by atoms with Crippen LogP contribution < -0.4 is 10.1 Å². The highest BCUT2D eigenvalue weighted by molar-refractivity contribution is 7.91. The van der Waals surface area contributed by atoms with E-state index in [1.807, 2.05) is 0 Å². The van der Waals surface area contributed by atoms with Gasteiger partial charge in [0.2, 0.25) is 0 Å². The van der Waals surface area contributed by atoms with Crippen LogP contribution in [-0.4, -0.2) is 88.3 Å². The van der Waals surface area contributed by atoms with Crippen LogP contribution in [0.5, 0.6) is 5.75 Å². The molecule has 1 N–H and O–H groups in total. The van der Waals surface area contributed by atoms with Gasteiger partial charge in [-0.2, -0.15) is 0 Å². The maximum Gasteiger partial charge on any atom is 0.322 e. The van der Waals surface area contributed by atoms with Crippen molar-refractivity contribution in [3.63, 3.8) is 0 Å². The third-order valence-corrected chi connectivity index (χ3v) is 6.65. The van der Waals surface area contributed by atoms with E-state index in [1.54, 1.807) is 43.4 Å². The fraction of sp³-hybridized carbons (Fsp3) is 0.588. The molecule has 0 spiro atoms. The Hall–Kier alpha value is -1.84. The van der Waals surface area contributed by atoms with Gasteiger partial charge in [-0.15, -0.1) is 0 Å². The lowest BCUT2D eigenvalue weighted by atomic mass is 10.1. The van der Waals surface area contributed by atoms with E-state index in [0.29, 0.717) is 37.7 Å². The molecule has 0 saturated carbocycles. The van der Waals surface area contributed by atoms with Crippen molar-refractivity contribution in [1.29, 1.82) is 0 Å². The summed E-state index contributed by atoms with van der Waals surface area (Å²) in [6, 6.07) is 6.30. The van der Waals surface area contributed by atoms with Gasteiger partial charge in [-0.3, -0.25) is 4.90 Å². The van der Waals surface area contributed by atoms with Crippen molar-refractivity contribution in [1.82, 2.24) is 9.80 Å². The monoisotopic (exact) mass is 383 g/mol. The van der Waals surface area contributed by atoms with Crippen LogP contribution >= 0.6 is 0 Å². The number of fused-ring (bicyclic) bond motifs is 1. The maximum atomic E-state index is 12.8. The molecule has 26 heavy (non-hydrogen) atoms. The number of anilines is 1. The summed E-state index contributed by atoms with van der Waals surface area (Å²) in [6.07, 6.45) is 0. The molecule has 2 amide bonds. The quantitative estimate of drug-likeness (QED) is 0.804. The van der Waals surface area contributed by atoms with Gasteiger partial charge in [-0.1, -0.05) is 6.07 Å². The van der Waals surface area contributed by atoms with Gasteiger partial charge in [0.05, 0.1) is 31.3 Å². The Labute approximate surface area is 154 Å². The molecule has 9 heteroatoms. The van der Waals surface area contributed by atoms with Crippen LogP contribution in [0.25, 0.3) is 0 Å². The van der Waals surface area contributed by atoms with E-state index in [1.165, 1.54) is 0 Å². The number of hydrogen-bond acceptors (Lipinski definition) is 6. The Balaban J connectivity index is 1.74. The molecule has 2 fully saturated rings. The molecule has 0 unspecified atom stereocenters. The van der Waals surface area contributed by atoms with Gasteiger partial charge in [-0.25, -0.2) is 13.2 Å². The number of amides is 2. The van der Waals surface area contributed by atoms with Crippen molar-refractivity contribution in [3.8, 4) is 5.75 Å². The summed E-state index contributed by atoms with van der Waals surface area (Å²) in [5, 5.41) is 2.85. The number of nitrogens with one attached hydrogen (secondary N) is 1. The lowest BCUT2D eigenvalue weighted by Gasteiger charge is -2.43. The minimum absolute atomic E-state index is 0.00663. The van der Waals surface area contributed by atoms with Crippen molar-refractivity contribution in [2.75, 3.05) is 57.3 Å². The van der Waals surface area contributed by atoms with Crippen molar-refractivity contribution < 1.29 is 22.7 Å². The largest absolute Gasteiger partial charge is 0.497 e. The third-order valence-electron chi connectivity index (χ3n) is 4.96. The van der Waals surface area contributed by atoms with Gasteiger partial charge in [0, 0.05) is 44.5 Å². The Morgan fingerprint density at radius 1 is 1.23 bits per heavy atom. The summed E-state index contributed by atoms with van der Waals surface area (Å²) in [5.74, 6) is 0.741. The summed E-state index contributed by atoms with van der Waals surface area (Å²) in [5.41, 5.74) is 0.619. The molecule has 1 aromatic carbocycles. The van der Waals surface area contributed by atoms with Crippen LogP contribution in [0.2, 0.25) is 0 Å². The standard InChI is InChI=1S/C17H25N3O5S/c1-24-9-8-19-6-7-20(16-12-26(22,23)11-15(16)19)17(21)18-13-4-3-5-14(10-13)25-2/h3-5,10,15-16H,6-9,11-12H2,1-2H3,(H,18,21)/t15-,16+/m1/s1. The first kappa shape index (κ1) is 18.9. The van der Waals surface area contributed by atoms with Crippen molar-refractivity contribution >= 4 is 21.6 Å². The molecule has 3 rings (SSSR count). The van der Waals surface area contributed by atoms with Gasteiger partial charge in [0.25, 0.3) is 0 Å². The normalized spacial score (nSPS) is 24.9. The van der Waals surface area contributed by atoms with Crippen LogP contribution in [0.4, 0.5) is 10.5 Å². The molecule has 144 valence electrons. The van der Waals surface area contributed by atoms with Crippen molar-refractivity contribution in [3.05, 3.63) is 24.3 Å². The molecular formula is C17H25N3O5S. The number of urea groups is 1. The maximum absolute atomic E-state index is 12.8. The highest BCUT2D eigenvalue weighted by atomic mass is 32.2. The molecule has 2 atom stereocenters. The molecular weight excluding hydrogens is 358 g/mol. The van der Waals surface area contributed by atoms with E-state index in [4.69, 9.17) is 9.47 Å². The number of sulfone groups is 1. The summed E-state index contributed by atoms with van der Waals surface area (Å²) in [7, 11) is 0.0284. The fourth-order valence-electron chi connectivity index (χ4n) is 3.66. The summed E-state index contributed by atoms with van der Waals surface area (Å²) in [6.45, 7) is 2.32. The van der Waals surface area contributed by atoms with Gasteiger partial charge in [0.15, 0.2) is 9.84 Å². The lowest BCUT2D eigenvalue weighted by molar-refractivity contribution is 0.0499. The number of nitrogens with zero attached hydrogens (tertiary/aromatic N) is 2. The molecule has 2 saturated heterocycles. The zero-order valence-corrected chi connectivity index (χ0v) is 15.9. The summed E-state index contributed by atoms with van der Waals surface area (Å²) in [4.78, 5) is 16.5. The number of piperazine rings is 1. The van der Waals surface area contributed by atoms with Crippen LogP contribution in [0.15, 0.2) is 24.3 Å². The van der Waals surface area contributed by atoms with Crippen LogP contribution in [-0.2, 0) is 14.6 Å². The Morgan fingerprint density at radius 2 is 2.00 bits per heavy atom. The zero-order valence-electron chi connectivity index (χ0n) is 15.1. The summed E-state index contributed by atoms with van der Waals surface area (Å²) >= 11 is 0. The lowest BCUT2D eigenvalue weighted by Crippen LogP contribution is -2.61. The second kappa shape index (κ2) is 7.81. The molecule has 8 nitrogen and oxygen atoms in total. The third kappa shape index (κ3) is 4.11. The van der Waals surface area contributed by atoms with Crippen molar-refractivity contribution in [2.24, 2.45) is 0 Å². The Morgan fingerprint density at radius 3 is 2.73 bits per heavy atom. The topological polar surface area (TPSA) is 88.2 Å². The first-order valence-electron chi connectivity index (χ1n) is 8.58. The second-order valence-corrected chi connectivity index (χ2v) is 8.75. The van der Waals surface area contributed by atoms with Crippen LogP contribution in [0, 0.1) is 0 Å². The second-order valence-electron chi connectivity index (χ2n) is 6.60. The number of rotatable bonds is 5. The predicted molar refractivity (Wildman–Crippen MR) is 98.4 cm³/mol. The van der Waals surface area contributed by atoms with Gasteiger partial charge in [0.1, 0.15) is 5.75 Å². The smallest absolute Gasteiger partial charge is 0.322 e. The van der Waals surface area contributed by atoms with E-state index in [9.17, 15) is 13.2 Å². The predicted octanol–water partition coefficient (Wildman–Crippen LogP) is 0.657. The molecule has 1 aromatic rings. The molecule has 0 bridgehead atoms. The molecule has 2 aliphatic heterocycles. The minimum Gasteiger partial charge on any atom is -0.497 e. The zero-order chi connectivity index (χ0) is 18.7. The van der Waals surface area contributed by atoms with E-state index in [2.05, 4.69) is 10.2 Å². The van der Waals surface area contributed by atoms with E-state index < -0.39 is 9.84 Å². The van der Waals surface area contributed by atoms with Gasteiger partial charge < -0.3 is 19.7 Å². The highest BCUT2D eigenvalue weighted by Crippen LogP contribution is 2.27. The SMILES string of the molecule is COCCN1CCN(C(=O)Nc2cccc(OC)c2)[C@H]2CS(=O)(=O)C[C@H]21. The van der Waals surface area contributed by atoms with E-state index in [0.717, 1.165) is 0 Å². The number of hydrogen-bond donors (Lipinski definition) is 1. The number of carbonyl (C=O) groups excluding carboxylic acids is 1. The van der Waals surface area contributed by atoms with Crippen molar-refractivity contribution in [2.45, 2.75) is 12.1 Å². The number of ether oxygens (including phenoxy) is 2. The molecule has 0 aromatic heterocycles. The first-order chi connectivity index (χ1) is 12.4. The Kier molecular flexibility index (Phi) is 5.69. The van der Waals surface area contributed by atoms with Gasteiger partial charge >= 0.3 is 6.03 Å².